The highest BCUT2D eigenvalue weighted by Gasteiger charge is 2.01. The number of hydrogen-bond donors (Lipinski definition) is 2. The number of hydrogen-bond acceptors (Lipinski definition) is 4. The molecule has 5 heteroatoms. The Morgan fingerprint density at radius 1 is 1.47 bits per heavy atom. The number of aromatic nitrogens is 1. The van der Waals surface area contributed by atoms with Crippen molar-refractivity contribution < 1.29 is 9.47 Å². The number of nitrogens with one attached hydrogen (secondary N) is 1. The molecular weight excluding hydrogens is 218 g/mol. The fraction of sp³-hybridized carbons (Fsp3) is 0.500. The molecule has 1 rings (SSSR count). The standard InChI is InChI=1S/C12H19N3O2/c1-9(2)8-16-5-6-17-10-3-4-15-11(7-10)12(13)14/h3-4,7,9H,5-6,8H2,1-2H3,(H3,13,14). The van der Waals surface area contributed by atoms with Gasteiger partial charge in [-0.2, -0.15) is 0 Å². The Bertz CT molecular complexity index is 367. The average molecular weight is 237 g/mol. The molecule has 0 unspecified atom stereocenters. The van der Waals surface area contributed by atoms with E-state index in [-0.39, 0.29) is 5.84 Å². The number of rotatable bonds is 7. The highest BCUT2D eigenvalue weighted by atomic mass is 16.5. The van der Waals surface area contributed by atoms with Crippen LogP contribution < -0.4 is 10.5 Å². The Morgan fingerprint density at radius 2 is 2.24 bits per heavy atom. The molecule has 1 heterocycles. The maximum atomic E-state index is 7.26. The van der Waals surface area contributed by atoms with Crippen molar-refractivity contribution >= 4 is 5.84 Å². The molecule has 0 radical (unpaired) electrons. The predicted octanol–water partition coefficient (Wildman–Crippen LogP) is 1.42. The zero-order chi connectivity index (χ0) is 12.7. The molecule has 0 saturated carbocycles. The molecule has 0 spiro atoms. The Kier molecular flexibility index (Phi) is 5.42. The number of ether oxygens (including phenoxy) is 2. The van der Waals surface area contributed by atoms with Gasteiger partial charge in [-0.05, 0) is 12.0 Å². The van der Waals surface area contributed by atoms with Gasteiger partial charge in [-0.15, -0.1) is 0 Å². The fourth-order valence-corrected chi connectivity index (χ4v) is 1.19. The second-order valence-corrected chi connectivity index (χ2v) is 4.11. The number of nitrogen functional groups attached to an aromatic ring is 1. The fourth-order valence-electron chi connectivity index (χ4n) is 1.19. The molecule has 0 aliphatic carbocycles. The van der Waals surface area contributed by atoms with Gasteiger partial charge in [0.25, 0.3) is 0 Å². The molecule has 5 nitrogen and oxygen atoms in total. The van der Waals surface area contributed by atoms with Crippen molar-refractivity contribution in [2.45, 2.75) is 13.8 Å². The van der Waals surface area contributed by atoms with Crippen molar-refractivity contribution in [1.82, 2.24) is 4.98 Å². The van der Waals surface area contributed by atoms with Gasteiger partial charge in [-0.3, -0.25) is 10.4 Å². The van der Waals surface area contributed by atoms with E-state index in [0.29, 0.717) is 30.6 Å². The van der Waals surface area contributed by atoms with Crippen molar-refractivity contribution in [3.8, 4) is 5.75 Å². The maximum Gasteiger partial charge on any atom is 0.141 e. The summed E-state index contributed by atoms with van der Waals surface area (Å²) < 4.78 is 10.8. The van der Waals surface area contributed by atoms with Crippen LogP contribution >= 0.6 is 0 Å². The first kappa shape index (κ1) is 13.4. The van der Waals surface area contributed by atoms with Crippen LogP contribution in [0.5, 0.6) is 5.75 Å². The quantitative estimate of drug-likeness (QED) is 0.427. The van der Waals surface area contributed by atoms with Gasteiger partial charge in [-0.1, -0.05) is 13.8 Å². The number of nitrogens with zero attached hydrogens (tertiary/aromatic N) is 1. The molecule has 0 atom stereocenters. The SMILES string of the molecule is CC(C)COCCOc1ccnc(C(=N)N)c1. The molecule has 0 fully saturated rings. The summed E-state index contributed by atoms with van der Waals surface area (Å²) in [6.45, 7) is 5.97. The van der Waals surface area contributed by atoms with Crippen LogP contribution in [0.4, 0.5) is 0 Å². The normalized spacial score (nSPS) is 10.5. The first-order valence-corrected chi connectivity index (χ1v) is 5.60. The van der Waals surface area contributed by atoms with E-state index in [1.54, 1.807) is 18.3 Å². The lowest BCUT2D eigenvalue weighted by Gasteiger charge is -2.09. The van der Waals surface area contributed by atoms with E-state index in [1.165, 1.54) is 0 Å². The van der Waals surface area contributed by atoms with Gasteiger partial charge in [0.15, 0.2) is 0 Å². The highest BCUT2D eigenvalue weighted by molar-refractivity contribution is 5.93. The van der Waals surface area contributed by atoms with E-state index in [0.717, 1.165) is 6.61 Å². The molecule has 94 valence electrons. The van der Waals surface area contributed by atoms with E-state index < -0.39 is 0 Å². The summed E-state index contributed by atoms with van der Waals surface area (Å²) in [7, 11) is 0. The summed E-state index contributed by atoms with van der Waals surface area (Å²) in [4.78, 5) is 3.95. The molecular formula is C12H19N3O2. The van der Waals surface area contributed by atoms with Crippen LogP contribution in [-0.2, 0) is 4.74 Å². The summed E-state index contributed by atoms with van der Waals surface area (Å²) in [6.07, 6.45) is 1.57. The van der Waals surface area contributed by atoms with Crippen molar-refractivity contribution in [2.75, 3.05) is 19.8 Å². The number of amidine groups is 1. The molecule has 0 aromatic carbocycles. The minimum absolute atomic E-state index is 0.0634. The summed E-state index contributed by atoms with van der Waals surface area (Å²) in [5, 5.41) is 7.26. The summed E-state index contributed by atoms with van der Waals surface area (Å²) >= 11 is 0. The van der Waals surface area contributed by atoms with Crippen molar-refractivity contribution in [3.05, 3.63) is 24.0 Å². The van der Waals surface area contributed by atoms with Crippen LogP contribution in [0, 0.1) is 11.3 Å². The van der Waals surface area contributed by atoms with Crippen LogP contribution in [0.1, 0.15) is 19.5 Å². The summed E-state index contributed by atoms with van der Waals surface area (Å²) in [5.41, 5.74) is 5.75. The average Bonchev–Trinajstić information content (AvgIpc) is 2.28. The monoisotopic (exact) mass is 237 g/mol. The van der Waals surface area contributed by atoms with E-state index in [2.05, 4.69) is 18.8 Å². The first-order valence-electron chi connectivity index (χ1n) is 5.60. The van der Waals surface area contributed by atoms with E-state index in [4.69, 9.17) is 20.6 Å². The largest absolute Gasteiger partial charge is 0.491 e. The van der Waals surface area contributed by atoms with Gasteiger partial charge in [0, 0.05) is 18.9 Å². The second kappa shape index (κ2) is 6.85. The molecule has 3 N–H and O–H groups in total. The molecule has 1 aromatic rings. The summed E-state index contributed by atoms with van der Waals surface area (Å²) in [6, 6.07) is 3.37. The third-order valence-corrected chi connectivity index (χ3v) is 1.95. The van der Waals surface area contributed by atoms with Gasteiger partial charge < -0.3 is 15.2 Å². The van der Waals surface area contributed by atoms with E-state index in [9.17, 15) is 0 Å². The minimum atomic E-state index is -0.0634. The van der Waals surface area contributed by atoms with E-state index >= 15 is 0 Å². The zero-order valence-corrected chi connectivity index (χ0v) is 10.3. The van der Waals surface area contributed by atoms with Gasteiger partial charge in [0.1, 0.15) is 23.9 Å². The van der Waals surface area contributed by atoms with Crippen molar-refractivity contribution in [2.24, 2.45) is 11.7 Å². The Labute approximate surface area is 101 Å². The van der Waals surface area contributed by atoms with Gasteiger partial charge in [-0.25, -0.2) is 0 Å². The van der Waals surface area contributed by atoms with Crippen LogP contribution in [-0.4, -0.2) is 30.6 Å². The van der Waals surface area contributed by atoms with Crippen LogP contribution in [0.15, 0.2) is 18.3 Å². The third kappa shape index (κ3) is 5.31. The minimum Gasteiger partial charge on any atom is -0.491 e. The predicted molar refractivity (Wildman–Crippen MR) is 66.4 cm³/mol. The lowest BCUT2D eigenvalue weighted by atomic mass is 10.2. The topological polar surface area (TPSA) is 81.2 Å². The number of nitrogens with two attached hydrogens (primary N) is 1. The lowest BCUT2D eigenvalue weighted by molar-refractivity contribution is 0.0819. The van der Waals surface area contributed by atoms with E-state index in [1.807, 2.05) is 0 Å². The molecule has 0 bridgehead atoms. The highest BCUT2D eigenvalue weighted by Crippen LogP contribution is 2.10. The smallest absolute Gasteiger partial charge is 0.141 e. The van der Waals surface area contributed by atoms with Crippen LogP contribution in [0.2, 0.25) is 0 Å². The second-order valence-electron chi connectivity index (χ2n) is 4.11. The Morgan fingerprint density at radius 3 is 2.88 bits per heavy atom. The maximum absolute atomic E-state index is 7.26. The zero-order valence-electron chi connectivity index (χ0n) is 10.3. The molecule has 0 aliphatic rings. The third-order valence-electron chi connectivity index (χ3n) is 1.95. The molecule has 0 amide bonds. The Hall–Kier alpha value is -1.62. The molecule has 0 saturated heterocycles. The van der Waals surface area contributed by atoms with Crippen LogP contribution in [0.25, 0.3) is 0 Å². The van der Waals surface area contributed by atoms with Gasteiger partial charge >= 0.3 is 0 Å². The molecule has 0 aliphatic heterocycles. The molecule has 1 aromatic heterocycles. The lowest BCUT2D eigenvalue weighted by Crippen LogP contribution is -2.14. The molecule has 17 heavy (non-hydrogen) atoms. The van der Waals surface area contributed by atoms with Crippen molar-refractivity contribution in [1.29, 1.82) is 5.41 Å². The van der Waals surface area contributed by atoms with Gasteiger partial charge in [0.2, 0.25) is 0 Å². The number of pyridine rings is 1. The first-order chi connectivity index (χ1) is 8.09. The van der Waals surface area contributed by atoms with Crippen LogP contribution in [0.3, 0.4) is 0 Å². The van der Waals surface area contributed by atoms with Crippen molar-refractivity contribution in [3.63, 3.8) is 0 Å². The summed E-state index contributed by atoms with van der Waals surface area (Å²) in [5.74, 6) is 1.12. The van der Waals surface area contributed by atoms with Gasteiger partial charge in [0.05, 0.1) is 6.61 Å². The Balaban J connectivity index is 2.31.